The van der Waals surface area contributed by atoms with Gasteiger partial charge in [0.1, 0.15) is 18.0 Å². The van der Waals surface area contributed by atoms with E-state index in [-0.39, 0.29) is 0 Å². The largest absolute Gasteiger partial charge is 0.346 e. The van der Waals surface area contributed by atoms with Gasteiger partial charge in [-0.1, -0.05) is 13.8 Å². The number of aromatic nitrogens is 6. The highest BCUT2D eigenvalue weighted by molar-refractivity contribution is 5.47. The molecule has 3 aromatic rings. The summed E-state index contributed by atoms with van der Waals surface area (Å²) in [5, 5.41) is 4.32. The highest BCUT2D eigenvalue weighted by Crippen LogP contribution is 2.26. The van der Waals surface area contributed by atoms with Gasteiger partial charge in [-0.2, -0.15) is 5.10 Å². The first-order chi connectivity index (χ1) is 12.1. The number of hydrogen-bond donors (Lipinski definition) is 0. The number of hydrogen-bond acceptors (Lipinski definition) is 6. The zero-order valence-corrected chi connectivity index (χ0v) is 14.7. The van der Waals surface area contributed by atoms with E-state index in [0.29, 0.717) is 5.92 Å². The Labute approximate surface area is 146 Å². The quantitative estimate of drug-likeness (QED) is 0.729. The third-order valence-electron chi connectivity index (χ3n) is 4.21. The second-order valence-electron chi connectivity index (χ2n) is 6.91. The second kappa shape index (κ2) is 6.23. The summed E-state index contributed by atoms with van der Waals surface area (Å²) in [5.41, 5.74) is 3.37. The van der Waals surface area contributed by atoms with Crippen LogP contribution in [0.15, 0.2) is 31.0 Å². The summed E-state index contributed by atoms with van der Waals surface area (Å²) in [5.74, 6) is 3.12. The third kappa shape index (κ3) is 3.22. The average molecular weight is 335 g/mol. The fraction of sp³-hybridized carbons (Fsp3) is 0.389. The topological polar surface area (TPSA) is 72.6 Å². The molecule has 0 saturated heterocycles. The van der Waals surface area contributed by atoms with Crippen LogP contribution in [0.1, 0.15) is 36.5 Å². The fourth-order valence-corrected chi connectivity index (χ4v) is 2.99. The van der Waals surface area contributed by atoms with Crippen molar-refractivity contribution >= 4 is 5.82 Å². The van der Waals surface area contributed by atoms with Crippen molar-refractivity contribution in [2.75, 3.05) is 4.90 Å². The van der Waals surface area contributed by atoms with Gasteiger partial charge >= 0.3 is 0 Å². The summed E-state index contributed by atoms with van der Waals surface area (Å²) in [6.07, 6.45) is 8.22. The Bertz CT molecular complexity index is 900. The minimum absolute atomic E-state index is 0.553. The molecule has 0 aliphatic carbocycles. The molecule has 7 heteroatoms. The molecular weight excluding hydrogens is 314 g/mol. The minimum Gasteiger partial charge on any atom is -0.346 e. The van der Waals surface area contributed by atoms with Gasteiger partial charge in [-0.3, -0.25) is 0 Å². The Kier molecular flexibility index (Phi) is 3.91. The number of aryl methyl sites for hydroxylation is 1. The highest BCUT2D eigenvalue weighted by atomic mass is 15.3. The Balaban J connectivity index is 1.57. The summed E-state index contributed by atoms with van der Waals surface area (Å²) < 4.78 is 1.77. The molecule has 4 rings (SSSR count). The fourth-order valence-electron chi connectivity index (χ4n) is 2.99. The summed E-state index contributed by atoms with van der Waals surface area (Å²) in [6.45, 7) is 7.89. The van der Waals surface area contributed by atoms with Gasteiger partial charge in [0.05, 0.1) is 18.4 Å². The standard InChI is InChI=1S/C18H21N7/c1-12(2)4-16-19-7-14-9-24(10-15(14)23-16)17-5-18(21-11-20-17)25-8-13(3)6-22-25/h5-8,11-12H,4,9-10H2,1-3H3. The molecule has 0 radical (unpaired) electrons. The van der Waals surface area contributed by atoms with Gasteiger partial charge in [0.15, 0.2) is 5.82 Å². The third-order valence-corrected chi connectivity index (χ3v) is 4.21. The van der Waals surface area contributed by atoms with Crippen LogP contribution in [0.3, 0.4) is 0 Å². The van der Waals surface area contributed by atoms with Crippen LogP contribution < -0.4 is 4.90 Å². The van der Waals surface area contributed by atoms with E-state index < -0.39 is 0 Å². The Morgan fingerprint density at radius 3 is 2.68 bits per heavy atom. The van der Waals surface area contributed by atoms with E-state index >= 15 is 0 Å². The molecule has 0 saturated carbocycles. The molecule has 0 spiro atoms. The number of rotatable bonds is 4. The molecule has 0 N–H and O–H groups in total. The molecular formula is C18H21N7. The maximum Gasteiger partial charge on any atom is 0.158 e. The van der Waals surface area contributed by atoms with Crippen LogP contribution >= 0.6 is 0 Å². The van der Waals surface area contributed by atoms with Gasteiger partial charge < -0.3 is 4.90 Å². The van der Waals surface area contributed by atoms with Crippen LogP contribution in [0, 0.1) is 12.8 Å². The molecule has 1 aliphatic rings. The van der Waals surface area contributed by atoms with Crippen LogP contribution in [0.5, 0.6) is 0 Å². The summed E-state index contributed by atoms with van der Waals surface area (Å²) in [6, 6.07) is 1.96. The van der Waals surface area contributed by atoms with Gasteiger partial charge in [-0.05, 0) is 18.4 Å². The van der Waals surface area contributed by atoms with E-state index in [0.717, 1.165) is 48.2 Å². The highest BCUT2D eigenvalue weighted by Gasteiger charge is 2.23. The lowest BCUT2D eigenvalue weighted by atomic mass is 10.1. The molecule has 0 bridgehead atoms. The monoisotopic (exact) mass is 335 g/mol. The Hall–Kier alpha value is -2.83. The zero-order chi connectivity index (χ0) is 17.4. The van der Waals surface area contributed by atoms with Gasteiger partial charge in [-0.25, -0.2) is 24.6 Å². The SMILES string of the molecule is Cc1cnn(-c2cc(N3Cc4cnc(CC(C)C)nc4C3)ncn2)c1. The molecule has 7 nitrogen and oxygen atoms in total. The van der Waals surface area contributed by atoms with Crippen molar-refractivity contribution in [3.05, 3.63) is 53.6 Å². The van der Waals surface area contributed by atoms with Gasteiger partial charge in [0, 0.05) is 37.0 Å². The molecule has 0 atom stereocenters. The van der Waals surface area contributed by atoms with Crippen LogP contribution in [0.4, 0.5) is 5.82 Å². The van der Waals surface area contributed by atoms with Crippen LogP contribution in [0.2, 0.25) is 0 Å². The lowest BCUT2D eigenvalue weighted by Gasteiger charge is -2.16. The molecule has 0 unspecified atom stereocenters. The maximum absolute atomic E-state index is 4.74. The number of fused-ring (bicyclic) bond motifs is 1. The van der Waals surface area contributed by atoms with Crippen molar-refractivity contribution in [1.29, 1.82) is 0 Å². The van der Waals surface area contributed by atoms with Gasteiger partial charge in [-0.15, -0.1) is 0 Å². The van der Waals surface area contributed by atoms with Gasteiger partial charge in [0.2, 0.25) is 0 Å². The van der Waals surface area contributed by atoms with E-state index in [4.69, 9.17) is 4.98 Å². The smallest absolute Gasteiger partial charge is 0.158 e. The predicted octanol–water partition coefficient (Wildman–Crippen LogP) is 2.48. The van der Waals surface area contributed by atoms with Crippen molar-refractivity contribution in [3.63, 3.8) is 0 Å². The summed E-state index contributed by atoms with van der Waals surface area (Å²) in [7, 11) is 0. The number of anilines is 1. The van der Waals surface area contributed by atoms with Gasteiger partial charge in [0.25, 0.3) is 0 Å². The second-order valence-corrected chi connectivity index (χ2v) is 6.91. The zero-order valence-electron chi connectivity index (χ0n) is 14.7. The van der Waals surface area contributed by atoms with Crippen molar-refractivity contribution in [2.24, 2.45) is 5.92 Å². The molecule has 4 heterocycles. The van der Waals surface area contributed by atoms with E-state index in [2.05, 4.69) is 38.8 Å². The molecule has 25 heavy (non-hydrogen) atoms. The lowest BCUT2D eigenvalue weighted by Crippen LogP contribution is -2.17. The molecule has 3 aromatic heterocycles. The van der Waals surface area contributed by atoms with E-state index in [1.54, 1.807) is 11.0 Å². The first-order valence-electron chi connectivity index (χ1n) is 8.51. The van der Waals surface area contributed by atoms with E-state index in [9.17, 15) is 0 Å². The van der Waals surface area contributed by atoms with Crippen molar-refractivity contribution in [2.45, 2.75) is 40.3 Å². The van der Waals surface area contributed by atoms with E-state index in [1.165, 1.54) is 5.56 Å². The number of nitrogens with zero attached hydrogens (tertiary/aromatic N) is 7. The minimum atomic E-state index is 0.553. The molecule has 1 aliphatic heterocycles. The lowest BCUT2D eigenvalue weighted by molar-refractivity contribution is 0.617. The molecule has 0 aromatic carbocycles. The molecule has 128 valence electrons. The Morgan fingerprint density at radius 1 is 1.08 bits per heavy atom. The predicted molar refractivity (Wildman–Crippen MR) is 94.4 cm³/mol. The summed E-state index contributed by atoms with van der Waals surface area (Å²) >= 11 is 0. The summed E-state index contributed by atoms with van der Waals surface area (Å²) in [4.78, 5) is 20.2. The van der Waals surface area contributed by atoms with Crippen LogP contribution in [-0.2, 0) is 19.5 Å². The first kappa shape index (κ1) is 15.7. The van der Waals surface area contributed by atoms with Crippen molar-refractivity contribution < 1.29 is 0 Å². The first-order valence-corrected chi connectivity index (χ1v) is 8.51. The van der Waals surface area contributed by atoms with Crippen molar-refractivity contribution in [3.8, 4) is 5.82 Å². The maximum atomic E-state index is 4.74. The molecule has 0 amide bonds. The van der Waals surface area contributed by atoms with Crippen LogP contribution in [0.25, 0.3) is 5.82 Å². The van der Waals surface area contributed by atoms with Crippen molar-refractivity contribution in [1.82, 2.24) is 29.7 Å². The normalized spacial score (nSPS) is 13.5. The average Bonchev–Trinajstić information content (AvgIpc) is 3.20. The van der Waals surface area contributed by atoms with E-state index in [1.807, 2.05) is 31.6 Å². The Morgan fingerprint density at radius 2 is 1.92 bits per heavy atom. The van der Waals surface area contributed by atoms with Crippen LogP contribution in [-0.4, -0.2) is 29.7 Å². The molecule has 0 fully saturated rings.